The minimum atomic E-state index is -1.37. The van der Waals surface area contributed by atoms with E-state index in [9.17, 15) is 19.8 Å². The number of rotatable bonds is 5. The number of carbonyl (C=O) groups is 2. The number of carboxylic acid groups (broad SMARTS) is 2. The standard InChI is InChI=1S/C9H10O4S/c10-8(11)5-6(9(12)13)4-7-2-1-3-14-7/h1-3,6H,4-5H2,(H,10,11)(H,12,13)/p-2/t6-/m0/s1. The highest BCUT2D eigenvalue weighted by molar-refractivity contribution is 7.09. The van der Waals surface area contributed by atoms with Crippen LogP contribution in [-0.4, -0.2) is 11.9 Å². The molecule has 0 aromatic carbocycles. The van der Waals surface area contributed by atoms with Crippen molar-refractivity contribution in [2.75, 3.05) is 0 Å². The zero-order chi connectivity index (χ0) is 10.6. The summed E-state index contributed by atoms with van der Waals surface area (Å²) >= 11 is 1.39. The molecule has 0 aliphatic carbocycles. The summed E-state index contributed by atoms with van der Waals surface area (Å²) in [6.45, 7) is 0. The van der Waals surface area contributed by atoms with Crippen LogP contribution in [0.25, 0.3) is 0 Å². The molecule has 0 aliphatic heterocycles. The quantitative estimate of drug-likeness (QED) is 0.613. The summed E-state index contributed by atoms with van der Waals surface area (Å²) in [5, 5.41) is 22.6. The third-order valence-electron chi connectivity index (χ3n) is 1.77. The number of aliphatic carboxylic acids is 2. The topological polar surface area (TPSA) is 80.3 Å². The second-order valence-electron chi connectivity index (χ2n) is 2.88. The van der Waals surface area contributed by atoms with Crippen molar-refractivity contribution >= 4 is 23.3 Å². The summed E-state index contributed by atoms with van der Waals surface area (Å²) in [5.74, 6) is -3.71. The number of thiophene rings is 1. The largest absolute Gasteiger partial charge is 0.550 e. The van der Waals surface area contributed by atoms with Crippen molar-refractivity contribution in [3.8, 4) is 0 Å². The number of hydrogen-bond donors (Lipinski definition) is 0. The molecule has 0 aliphatic rings. The molecule has 0 saturated heterocycles. The molecule has 0 amide bonds. The number of carbonyl (C=O) groups excluding carboxylic acids is 2. The molecular formula is C9H8O4S-2. The minimum Gasteiger partial charge on any atom is -0.550 e. The van der Waals surface area contributed by atoms with Crippen LogP contribution in [0.5, 0.6) is 0 Å². The van der Waals surface area contributed by atoms with Gasteiger partial charge in [0.15, 0.2) is 0 Å². The zero-order valence-corrected chi connectivity index (χ0v) is 8.08. The zero-order valence-electron chi connectivity index (χ0n) is 7.26. The molecule has 0 fully saturated rings. The second-order valence-corrected chi connectivity index (χ2v) is 3.91. The van der Waals surface area contributed by atoms with E-state index in [2.05, 4.69) is 0 Å². The highest BCUT2D eigenvalue weighted by atomic mass is 32.1. The normalized spacial score (nSPS) is 12.3. The molecule has 5 heteroatoms. The van der Waals surface area contributed by atoms with Crippen molar-refractivity contribution in [2.24, 2.45) is 5.92 Å². The monoisotopic (exact) mass is 212 g/mol. The first-order valence-electron chi connectivity index (χ1n) is 4.02. The van der Waals surface area contributed by atoms with Crippen LogP contribution in [0.2, 0.25) is 0 Å². The van der Waals surface area contributed by atoms with Crippen LogP contribution in [0.1, 0.15) is 11.3 Å². The third kappa shape index (κ3) is 3.18. The molecule has 0 radical (unpaired) electrons. The Morgan fingerprint density at radius 2 is 2.14 bits per heavy atom. The van der Waals surface area contributed by atoms with Gasteiger partial charge in [-0.05, 0) is 24.3 Å². The first kappa shape index (κ1) is 10.7. The van der Waals surface area contributed by atoms with Gasteiger partial charge in [0.05, 0.1) is 0 Å². The number of hydrogen-bond acceptors (Lipinski definition) is 5. The molecule has 1 aromatic heterocycles. The molecule has 0 N–H and O–H groups in total. The molecule has 4 nitrogen and oxygen atoms in total. The lowest BCUT2D eigenvalue weighted by Crippen LogP contribution is -2.37. The summed E-state index contributed by atoms with van der Waals surface area (Å²) in [4.78, 5) is 21.6. The Labute approximate surface area is 84.8 Å². The maximum Gasteiger partial charge on any atom is 0.0452 e. The van der Waals surface area contributed by atoms with Crippen molar-refractivity contribution in [1.29, 1.82) is 0 Å². The van der Waals surface area contributed by atoms with E-state index in [1.54, 1.807) is 17.5 Å². The second kappa shape index (κ2) is 4.76. The van der Waals surface area contributed by atoms with Gasteiger partial charge in [-0.25, -0.2) is 0 Å². The van der Waals surface area contributed by atoms with E-state index in [1.165, 1.54) is 11.3 Å². The Morgan fingerprint density at radius 1 is 1.43 bits per heavy atom. The van der Waals surface area contributed by atoms with Gasteiger partial charge in [0, 0.05) is 22.7 Å². The average Bonchev–Trinajstić information content (AvgIpc) is 2.54. The van der Waals surface area contributed by atoms with E-state index >= 15 is 0 Å². The summed E-state index contributed by atoms with van der Waals surface area (Å²) in [5.41, 5.74) is 0. The van der Waals surface area contributed by atoms with Crippen LogP contribution in [0.3, 0.4) is 0 Å². The van der Waals surface area contributed by atoms with Crippen LogP contribution >= 0.6 is 11.3 Å². The van der Waals surface area contributed by atoms with E-state index < -0.39 is 24.3 Å². The SMILES string of the molecule is O=C([O-])C[C@H](Cc1cccs1)C(=O)[O-]. The van der Waals surface area contributed by atoms with Gasteiger partial charge in [-0.3, -0.25) is 0 Å². The van der Waals surface area contributed by atoms with Gasteiger partial charge in [0.25, 0.3) is 0 Å². The van der Waals surface area contributed by atoms with Crippen LogP contribution in [-0.2, 0) is 16.0 Å². The Kier molecular flexibility index (Phi) is 3.64. The van der Waals surface area contributed by atoms with Crippen molar-refractivity contribution in [3.63, 3.8) is 0 Å². The highest BCUT2D eigenvalue weighted by Gasteiger charge is 2.11. The summed E-state index contributed by atoms with van der Waals surface area (Å²) in [6.07, 6.45) is -0.311. The molecule has 1 heterocycles. The molecule has 76 valence electrons. The van der Waals surface area contributed by atoms with Gasteiger partial charge >= 0.3 is 0 Å². The maximum atomic E-state index is 10.6. The van der Waals surface area contributed by atoms with Crippen molar-refractivity contribution < 1.29 is 19.8 Å². The summed E-state index contributed by atoms with van der Waals surface area (Å²) < 4.78 is 0. The lowest BCUT2D eigenvalue weighted by Gasteiger charge is -2.17. The van der Waals surface area contributed by atoms with Gasteiger partial charge in [-0.15, -0.1) is 11.3 Å². The van der Waals surface area contributed by atoms with E-state index in [0.29, 0.717) is 0 Å². The molecule has 1 atom stereocenters. The minimum absolute atomic E-state index is 0.188. The van der Waals surface area contributed by atoms with E-state index in [0.717, 1.165) is 4.88 Å². The van der Waals surface area contributed by atoms with E-state index in [4.69, 9.17) is 0 Å². The molecule has 14 heavy (non-hydrogen) atoms. The average molecular weight is 212 g/mol. The molecular weight excluding hydrogens is 204 g/mol. The molecule has 0 bridgehead atoms. The smallest absolute Gasteiger partial charge is 0.0452 e. The fraction of sp³-hybridized carbons (Fsp3) is 0.333. The fourth-order valence-corrected chi connectivity index (χ4v) is 1.90. The molecule has 1 rings (SSSR count). The van der Waals surface area contributed by atoms with Gasteiger partial charge in [0.1, 0.15) is 0 Å². The van der Waals surface area contributed by atoms with Gasteiger partial charge in [-0.1, -0.05) is 6.07 Å². The third-order valence-corrected chi connectivity index (χ3v) is 2.67. The Morgan fingerprint density at radius 3 is 2.57 bits per heavy atom. The predicted octanol–water partition coefficient (Wildman–Crippen LogP) is -1.20. The Hall–Kier alpha value is -1.36. The first-order chi connectivity index (χ1) is 6.59. The fourth-order valence-electron chi connectivity index (χ4n) is 1.11. The van der Waals surface area contributed by atoms with Gasteiger partial charge < -0.3 is 19.8 Å². The van der Waals surface area contributed by atoms with Crippen LogP contribution in [0, 0.1) is 5.92 Å². The lowest BCUT2D eigenvalue weighted by molar-refractivity contribution is -0.320. The summed E-state index contributed by atoms with van der Waals surface area (Å²) in [7, 11) is 0. The first-order valence-corrected chi connectivity index (χ1v) is 4.90. The summed E-state index contributed by atoms with van der Waals surface area (Å²) in [6, 6.07) is 3.54. The van der Waals surface area contributed by atoms with Gasteiger partial charge in [-0.2, -0.15) is 0 Å². The lowest BCUT2D eigenvalue weighted by atomic mass is 10.0. The van der Waals surface area contributed by atoms with Crippen molar-refractivity contribution in [2.45, 2.75) is 12.8 Å². The Balaban J connectivity index is 2.60. The van der Waals surface area contributed by atoms with Gasteiger partial charge in [0.2, 0.25) is 0 Å². The molecule has 1 aromatic rings. The predicted molar refractivity (Wildman–Crippen MR) is 46.1 cm³/mol. The van der Waals surface area contributed by atoms with E-state index in [1.807, 2.05) is 0 Å². The number of carboxylic acids is 2. The van der Waals surface area contributed by atoms with Crippen LogP contribution < -0.4 is 10.2 Å². The highest BCUT2D eigenvalue weighted by Crippen LogP contribution is 2.16. The maximum absolute atomic E-state index is 10.6. The Bertz CT molecular complexity index is 318. The van der Waals surface area contributed by atoms with Crippen molar-refractivity contribution in [3.05, 3.63) is 22.4 Å². The molecule has 0 saturated carbocycles. The van der Waals surface area contributed by atoms with Crippen LogP contribution in [0.4, 0.5) is 0 Å². The van der Waals surface area contributed by atoms with Crippen molar-refractivity contribution in [1.82, 2.24) is 0 Å². The van der Waals surface area contributed by atoms with Crippen LogP contribution in [0.15, 0.2) is 17.5 Å². The van der Waals surface area contributed by atoms with E-state index in [-0.39, 0.29) is 6.42 Å². The molecule has 0 unspecified atom stereocenters. The molecule has 0 spiro atoms.